The SMILES string of the molecule is O=c1c2cc3ccccc3cc2nc2n1c1ccccc1c1cc3ccccc3n12. The molecule has 0 aliphatic rings. The zero-order valence-electron chi connectivity index (χ0n) is 15.9. The van der Waals surface area contributed by atoms with Crippen LogP contribution in [0.3, 0.4) is 0 Å². The van der Waals surface area contributed by atoms with Crippen LogP contribution >= 0.6 is 0 Å². The van der Waals surface area contributed by atoms with Gasteiger partial charge in [0.15, 0.2) is 0 Å². The molecule has 0 atom stereocenters. The van der Waals surface area contributed by atoms with Gasteiger partial charge in [-0.25, -0.2) is 9.38 Å². The average Bonchev–Trinajstić information content (AvgIpc) is 3.18. The number of benzene rings is 4. The first-order valence-corrected chi connectivity index (χ1v) is 9.96. The van der Waals surface area contributed by atoms with E-state index in [1.807, 2.05) is 60.7 Å². The van der Waals surface area contributed by atoms with Crippen LogP contribution in [-0.2, 0) is 0 Å². The monoisotopic (exact) mass is 385 g/mol. The first-order chi connectivity index (χ1) is 14.8. The Balaban J connectivity index is 1.85. The third-order valence-electron chi connectivity index (χ3n) is 6.05. The number of rotatable bonds is 0. The highest BCUT2D eigenvalue weighted by atomic mass is 16.1. The van der Waals surface area contributed by atoms with Gasteiger partial charge in [0.25, 0.3) is 5.56 Å². The van der Waals surface area contributed by atoms with Crippen molar-refractivity contribution in [2.45, 2.75) is 0 Å². The molecular formula is C26H15N3O. The number of nitrogens with zero attached hydrogens (tertiary/aromatic N) is 3. The fraction of sp³-hybridized carbons (Fsp3) is 0. The van der Waals surface area contributed by atoms with Crippen molar-refractivity contribution >= 4 is 54.8 Å². The highest BCUT2D eigenvalue weighted by Gasteiger charge is 2.16. The van der Waals surface area contributed by atoms with Crippen molar-refractivity contribution in [1.82, 2.24) is 13.8 Å². The molecule has 4 nitrogen and oxygen atoms in total. The van der Waals surface area contributed by atoms with Crippen molar-refractivity contribution in [1.29, 1.82) is 0 Å². The molecule has 0 aliphatic heterocycles. The fourth-order valence-electron chi connectivity index (χ4n) is 4.68. The molecule has 4 heteroatoms. The lowest BCUT2D eigenvalue weighted by Gasteiger charge is -2.12. The number of para-hydroxylation sites is 2. The topological polar surface area (TPSA) is 38.8 Å². The lowest BCUT2D eigenvalue weighted by Crippen LogP contribution is -2.18. The van der Waals surface area contributed by atoms with Gasteiger partial charge in [0.1, 0.15) is 0 Å². The summed E-state index contributed by atoms with van der Waals surface area (Å²) in [7, 11) is 0. The van der Waals surface area contributed by atoms with Crippen LogP contribution in [0.1, 0.15) is 0 Å². The van der Waals surface area contributed by atoms with Crippen molar-refractivity contribution in [3.63, 3.8) is 0 Å². The fourth-order valence-corrected chi connectivity index (χ4v) is 4.68. The quantitative estimate of drug-likeness (QED) is 0.253. The minimum Gasteiger partial charge on any atom is -0.279 e. The zero-order valence-corrected chi connectivity index (χ0v) is 15.9. The second-order valence-electron chi connectivity index (χ2n) is 7.71. The summed E-state index contributed by atoms with van der Waals surface area (Å²) in [6.45, 7) is 0. The van der Waals surface area contributed by atoms with Gasteiger partial charge in [0.05, 0.1) is 27.5 Å². The van der Waals surface area contributed by atoms with Crippen LogP contribution in [0.4, 0.5) is 0 Å². The van der Waals surface area contributed by atoms with Gasteiger partial charge in [-0.1, -0.05) is 60.7 Å². The van der Waals surface area contributed by atoms with Crippen molar-refractivity contribution in [2.24, 2.45) is 0 Å². The first kappa shape index (κ1) is 15.7. The van der Waals surface area contributed by atoms with Gasteiger partial charge in [-0.15, -0.1) is 0 Å². The van der Waals surface area contributed by atoms with E-state index in [2.05, 4.69) is 34.7 Å². The molecule has 0 N–H and O–H groups in total. The molecule has 0 saturated carbocycles. The minimum atomic E-state index is -0.0448. The summed E-state index contributed by atoms with van der Waals surface area (Å²) in [6.07, 6.45) is 0. The standard InChI is InChI=1S/C26H15N3O/c30-25-20-13-16-7-1-2-8-17(16)14-21(20)27-26-28-22-11-5-3-9-18(22)15-24(28)19-10-4-6-12-23(19)29(25)26/h1-15H. The van der Waals surface area contributed by atoms with E-state index in [1.54, 1.807) is 4.40 Å². The molecule has 4 aromatic carbocycles. The maximum Gasteiger partial charge on any atom is 0.267 e. The zero-order chi connectivity index (χ0) is 19.8. The number of hydrogen-bond donors (Lipinski definition) is 0. The predicted molar refractivity (Wildman–Crippen MR) is 122 cm³/mol. The van der Waals surface area contributed by atoms with Gasteiger partial charge in [0.2, 0.25) is 5.78 Å². The Labute approximate surface area is 170 Å². The molecule has 0 spiro atoms. The van der Waals surface area contributed by atoms with Gasteiger partial charge in [0, 0.05) is 10.8 Å². The van der Waals surface area contributed by atoms with Crippen LogP contribution < -0.4 is 5.56 Å². The molecule has 0 aliphatic carbocycles. The van der Waals surface area contributed by atoms with E-state index in [4.69, 9.17) is 4.98 Å². The number of hydrogen-bond acceptors (Lipinski definition) is 2. The lowest BCUT2D eigenvalue weighted by atomic mass is 10.1. The molecule has 3 heterocycles. The van der Waals surface area contributed by atoms with Crippen LogP contribution in [0, 0.1) is 0 Å². The summed E-state index contributed by atoms with van der Waals surface area (Å²) >= 11 is 0. The predicted octanol–water partition coefficient (Wildman–Crippen LogP) is 5.56. The Morgan fingerprint density at radius 2 is 1.23 bits per heavy atom. The third kappa shape index (κ3) is 1.90. The van der Waals surface area contributed by atoms with Crippen molar-refractivity contribution in [3.8, 4) is 0 Å². The summed E-state index contributed by atoms with van der Waals surface area (Å²) in [6, 6.07) is 30.5. The maximum atomic E-state index is 13.8. The first-order valence-electron chi connectivity index (χ1n) is 9.96. The van der Waals surface area contributed by atoms with E-state index in [0.717, 1.165) is 38.1 Å². The van der Waals surface area contributed by atoms with Crippen LogP contribution in [-0.4, -0.2) is 13.8 Å². The largest absolute Gasteiger partial charge is 0.279 e. The van der Waals surface area contributed by atoms with Crippen LogP contribution in [0.15, 0.2) is 95.8 Å². The van der Waals surface area contributed by atoms with Gasteiger partial charge in [-0.2, -0.15) is 0 Å². The van der Waals surface area contributed by atoms with Crippen molar-refractivity contribution in [3.05, 3.63) is 101 Å². The maximum absolute atomic E-state index is 13.8. The van der Waals surface area contributed by atoms with Crippen LogP contribution in [0.5, 0.6) is 0 Å². The minimum absolute atomic E-state index is 0.0448. The van der Waals surface area contributed by atoms with E-state index in [0.29, 0.717) is 16.7 Å². The Hall–Kier alpha value is -4.18. The summed E-state index contributed by atoms with van der Waals surface area (Å²) in [5, 5.41) is 4.91. The van der Waals surface area contributed by atoms with Gasteiger partial charge >= 0.3 is 0 Å². The molecule has 0 bridgehead atoms. The number of aromatic nitrogens is 3. The molecule has 30 heavy (non-hydrogen) atoms. The Morgan fingerprint density at radius 3 is 2.07 bits per heavy atom. The highest BCUT2D eigenvalue weighted by Crippen LogP contribution is 2.29. The third-order valence-corrected chi connectivity index (χ3v) is 6.05. The van der Waals surface area contributed by atoms with Gasteiger partial charge in [-0.05, 0) is 41.1 Å². The summed E-state index contributed by atoms with van der Waals surface area (Å²) in [5.74, 6) is 0.637. The molecule has 7 aromatic rings. The Kier molecular flexibility index (Phi) is 2.86. The van der Waals surface area contributed by atoms with Gasteiger partial charge in [-0.3, -0.25) is 9.20 Å². The molecule has 140 valence electrons. The normalized spacial score (nSPS) is 12.1. The lowest BCUT2D eigenvalue weighted by molar-refractivity contribution is 1.05. The number of fused-ring (bicyclic) bond motifs is 10. The molecule has 0 radical (unpaired) electrons. The molecule has 0 saturated heterocycles. The van der Waals surface area contributed by atoms with Crippen molar-refractivity contribution < 1.29 is 0 Å². The smallest absolute Gasteiger partial charge is 0.267 e. The summed E-state index contributed by atoms with van der Waals surface area (Å²) in [5.41, 5.74) is 3.64. The highest BCUT2D eigenvalue weighted by molar-refractivity contribution is 6.04. The van der Waals surface area contributed by atoms with E-state index in [-0.39, 0.29) is 5.56 Å². The van der Waals surface area contributed by atoms with Gasteiger partial charge < -0.3 is 0 Å². The molecule has 0 unspecified atom stereocenters. The van der Waals surface area contributed by atoms with E-state index >= 15 is 0 Å². The molecule has 3 aromatic heterocycles. The summed E-state index contributed by atoms with van der Waals surface area (Å²) < 4.78 is 3.86. The van der Waals surface area contributed by atoms with E-state index < -0.39 is 0 Å². The van der Waals surface area contributed by atoms with E-state index in [9.17, 15) is 4.79 Å². The second-order valence-corrected chi connectivity index (χ2v) is 7.71. The molecule has 7 rings (SSSR count). The molecule has 0 fully saturated rings. The Morgan fingerprint density at radius 1 is 0.567 bits per heavy atom. The molecule has 0 amide bonds. The second kappa shape index (κ2) is 5.45. The summed E-state index contributed by atoms with van der Waals surface area (Å²) in [4.78, 5) is 18.8. The molecular weight excluding hydrogens is 370 g/mol. The van der Waals surface area contributed by atoms with Crippen LogP contribution in [0.2, 0.25) is 0 Å². The van der Waals surface area contributed by atoms with Crippen molar-refractivity contribution in [2.75, 3.05) is 0 Å². The Bertz CT molecular complexity index is 1880. The van der Waals surface area contributed by atoms with Crippen LogP contribution in [0.25, 0.3) is 54.8 Å². The van der Waals surface area contributed by atoms with E-state index in [1.165, 1.54) is 0 Å². The average molecular weight is 385 g/mol.